The Morgan fingerprint density at radius 2 is 1.77 bits per heavy atom. The third-order valence-corrected chi connectivity index (χ3v) is 6.82. The van der Waals surface area contributed by atoms with E-state index in [-0.39, 0.29) is 73.0 Å². The van der Waals surface area contributed by atoms with Crippen molar-refractivity contribution >= 4 is 40.4 Å². The van der Waals surface area contributed by atoms with Crippen LogP contribution in [0.3, 0.4) is 0 Å². The van der Waals surface area contributed by atoms with Crippen molar-refractivity contribution in [3.05, 3.63) is 39.9 Å². The Bertz CT molecular complexity index is 1140. The topological polar surface area (TPSA) is 231 Å². The molecule has 0 aliphatic rings. The van der Waals surface area contributed by atoms with Gasteiger partial charge in [-0.2, -0.15) is 0 Å². The minimum atomic E-state index is -3.42. The van der Waals surface area contributed by atoms with E-state index in [4.69, 9.17) is 5.73 Å². The Labute approximate surface area is 227 Å². The molecule has 0 aromatic heterocycles. The first-order valence-electron chi connectivity index (χ1n) is 12.3. The highest BCUT2D eigenvalue weighted by Crippen LogP contribution is 2.18. The normalized spacial score (nSPS) is 13.4. The molecule has 0 saturated heterocycles. The number of carbonyl (C=O) groups excluding carboxylic acids is 3. The summed E-state index contributed by atoms with van der Waals surface area (Å²) in [5.74, 6) is -3.53. The van der Waals surface area contributed by atoms with E-state index in [1.165, 1.54) is 24.3 Å². The van der Waals surface area contributed by atoms with Crippen LogP contribution < -0.4 is 16.5 Å². The molecule has 1 rings (SSSR count). The first-order chi connectivity index (χ1) is 18.1. The standard InChI is InChI=1S/C23H36BN5O9S/c1-15(2)13-21(24(33)34)27-22(32)17(5-4-12-26-23(25)28-29(35)36)14-18(30)8-11-20(31)16-6-9-19(10-7-16)39(3,37)38/h6-7,9-10,15,17,21,33-34H,4-5,8,11-14H2,1-3H3,(H,27,32)(H3,25,26,28)/t17-,21+/m1/s1. The van der Waals surface area contributed by atoms with Gasteiger partial charge in [-0.25, -0.2) is 23.5 Å². The molecule has 6 N–H and O–H groups in total. The molecule has 39 heavy (non-hydrogen) atoms. The van der Waals surface area contributed by atoms with Crippen molar-refractivity contribution < 1.29 is 37.9 Å². The molecular formula is C23H36BN5O9S. The van der Waals surface area contributed by atoms with E-state index in [0.717, 1.165) is 6.26 Å². The van der Waals surface area contributed by atoms with Crippen LogP contribution >= 0.6 is 0 Å². The lowest BCUT2D eigenvalue weighted by atomic mass is 9.74. The smallest absolute Gasteiger partial charge is 0.426 e. The van der Waals surface area contributed by atoms with Gasteiger partial charge in [0.25, 0.3) is 5.96 Å². The van der Waals surface area contributed by atoms with Gasteiger partial charge in [0.05, 0.1) is 10.8 Å². The molecule has 0 aliphatic heterocycles. The summed E-state index contributed by atoms with van der Waals surface area (Å²) in [6.07, 6.45) is 1.18. The van der Waals surface area contributed by atoms with Gasteiger partial charge in [-0.1, -0.05) is 31.4 Å². The number of amides is 1. The number of nitrogens with two attached hydrogens (primary N) is 1. The van der Waals surface area contributed by atoms with Crippen molar-refractivity contribution in [1.29, 1.82) is 0 Å². The Morgan fingerprint density at radius 1 is 1.15 bits per heavy atom. The summed E-state index contributed by atoms with van der Waals surface area (Å²) in [5, 5.41) is 31.4. The van der Waals surface area contributed by atoms with E-state index in [1.807, 2.05) is 13.8 Å². The van der Waals surface area contributed by atoms with Crippen molar-refractivity contribution in [1.82, 2.24) is 10.7 Å². The van der Waals surface area contributed by atoms with Crippen LogP contribution in [0.4, 0.5) is 0 Å². The first-order valence-corrected chi connectivity index (χ1v) is 14.2. The fourth-order valence-corrected chi connectivity index (χ4v) is 4.35. The summed E-state index contributed by atoms with van der Waals surface area (Å²) < 4.78 is 23.2. The van der Waals surface area contributed by atoms with Gasteiger partial charge in [0.2, 0.25) is 5.91 Å². The van der Waals surface area contributed by atoms with Crippen LogP contribution in [0.25, 0.3) is 0 Å². The van der Waals surface area contributed by atoms with Crippen molar-refractivity contribution in [3.8, 4) is 0 Å². The molecule has 1 amide bonds. The molecule has 2 atom stereocenters. The number of rotatable bonds is 17. The van der Waals surface area contributed by atoms with Crippen molar-refractivity contribution in [2.45, 2.75) is 63.2 Å². The third-order valence-electron chi connectivity index (χ3n) is 5.69. The van der Waals surface area contributed by atoms with E-state index >= 15 is 0 Å². The molecule has 0 bridgehead atoms. The van der Waals surface area contributed by atoms with Crippen LogP contribution in [-0.4, -0.2) is 72.8 Å². The zero-order chi connectivity index (χ0) is 29.8. The van der Waals surface area contributed by atoms with Crippen LogP contribution in [0.1, 0.15) is 62.7 Å². The zero-order valence-corrected chi connectivity index (χ0v) is 23.0. The predicted molar refractivity (Wildman–Crippen MR) is 144 cm³/mol. The van der Waals surface area contributed by atoms with Gasteiger partial charge in [-0.15, -0.1) is 0 Å². The Kier molecular flexibility index (Phi) is 13.7. The molecule has 1 aromatic rings. The molecule has 16 heteroatoms. The number of nitrogens with zero attached hydrogens (tertiary/aromatic N) is 2. The molecule has 0 aliphatic carbocycles. The van der Waals surface area contributed by atoms with Crippen LogP contribution in [0.2, 0.25) is 0 Å². The van der Waals surface area contributed by atoms with Gasteiger partial charge in [-0.3, -0.25) is 14.4 Å². The van der Waals surface area contributed by atoms with Gasteiger partial charge in [0.15, 0.2) is 20.7 Å². The van der Waals surface area contributed by atoms with Gasteiger partial charge < -0.3 is 21.1 Å². The quantitative estimate of drug-likeness (QED) is 0.0320. The molecule has 1 aromatic carbocycles. The molecule has 216 valence electrons. The molecule has 0 heterocycles. The summed E-state index contributed by atoms with van der Waals surface area (Å²) in [6, 6.07) is 5.36. The minimum Gasteiger partial charge on any atom is -0.426 e. The number of benzene rings is 1. The molecular weight excluding hydrogens is 533 g/mol. The molecule has 0 fully saturated rings. The van der Waals surface area contributed by atoms with E-state index in [9.17, 15) is 43.0 Å². The van der Waals surface area contributed by atoms with Crippen LogP contribution in [0.15, 0.2) is 34.2 Å². The monoisotopic (exact) mass is 569 g/mol. The number of Topliss-reactive ketones (excluding diaryl/α,β-unsaturated/α-hetero) is 2. The summed E-state index contributed by atoms with van der Waals surface area (Å²) >= 11 is 0. The van der Waals surface area contributed by atoms with Gasteiger partial charge in [-0.05, 0) is 37.3 Å². The van der Waals surface area contributed by atoms with Crippen molar-refractivity contribution in [2.75, 3.05) is 12.8 Å². The van der Waals surface area contributed by atoms with Crippen LogP contribution in [-0.2, 0) is 19.4 Å². The van der Waals surface area contributed by atoms with Crippen LogP contribution in [0, 0.1) is 22.0 Å². The first kappa shape index (κ1) is 33.7. The van der Waals surface area contributed by atoms with Crippen LogP contribution in [0.5, 0.6) is 0 Å². The van der Waals surface area contributed by atoms with E-state index < -0.39 is 45.7 Å². The fraction of sp³-hybridized carbons (Fsp3) is 0.565. The van der Waals surface area contributed by atoms with E-state index in [0.29, 0.717) is 0 Å². The molecule has 0 spiro atoms. The van der Waals surface area contributed by atoms with Gasteiger partial charge in [0.1, 0.15) is 5.78 Å². The number of hydrogen-bond donors (Lipinski definition) is 5. The average Bonchev–Trinajstić information content (AvgIpc) is 2.82. The highest BCUT2D eigenvalue weighted by atomic mass is 32.2. The summed E-state index contributed by atoms with van der Waals surface area (Å²) in [4.78, 5) is 52.4. The van der Waals surface area contributed by atoms with Gasteiger partial charge >= 0.3 is 7.12 Å². The SMILES string of the molecule is CC(C)C[C@H](NC(=O)[C@H](CCCN=C(N)N[N+](=O)[O-])CC(=O)CCC(=O)c1ccc(S(C)(=O)=O)cc1)B(O)O. The third kappa shape index (κ3) is 13.3. The van der Waals surface area contributed by atoms with Crippen molar-refractivity contribution in [2.24, 2.45) is 22.6 Å². The summed E-state index contributed by atoms with van der Waals surface area (Å²) in [5.41, 5.74) is 7.31. The maximum atomic E-state index is 13.0. The van der Waals surface area contributed by atoms with Crippen molar-refractivity contribution in [3.63, 3.8) is 0 Å². The number of ketones is 2. The summed E-state index contributed by atoms with van der Waals surface area (Å²) in [7, 11) is -5.23. The second kappa shape index (κ2) is 15.9. The predicted octanol–water partition coefficient (Wildman–Crippen LogP) is 0.0475. The van der Waals surface area contributed by atoms with Gasteiger partial charge in [0, 0.05) is 43.5 Å². The van der Waals surface area contributed by atoms with E-state index in [1.54, 1.807) is 5.43 Å². The highest BCUT2D eigenvalue weighted by molar-refractivity contribution is 7.90. The zero-order valence-electron chi connectivity index (χ0n) is 22.2. The lowest BCUT2D eigenvalue weighted by Crippen LogP contribution is -2.49. The number of nitro groups is 1. The average molecular weight is 569 g/mol. The summed E-state index contributed by atoms with van der Waals surface area (Å²) in [6.45, 7) is 3.72. The Hall–Kier alpha value is -3.37. The highest BCUT2D eigenvalue weighted by Gasteiger charge is 2.30. The number of sulfone groups is 1. The number of nitrogens with one attached hydrogen (secondary N) is 2. The molecule has 14 nitrogen and oxygen atoms in total. The second-order valence-electron chi connectivity index (χ2n) is 9.60. The maximum Gasteiger partial charge on any atom is 0.475 e. The number of aliphatic imine (C=N–C) groups is 1. The molecule has 0 saturated carbocycles. The maximum absolute atomic E-state index is 13.0. The largest absolute Gasteiger partial charge is 0.475 e. The number of hydrazine groups is 1. The fourth-order valence-electron chi connectivity index (χ4n) is 3.72. The Balaban J connectivity index is 2.85. The Morgan fingerprint density at radius 3 is 2.28 bits per heavy atom. The minimum absolute atomic E-state index is 0.0324. The number of guanidine groups is 1. The number of hydrogen-bond acceptors (Lipinski definition) is 10. The molecule has 0 unspecified atom stereocenters. The van der Waals surface area contributed by atoms with E-state index in [2.05, 4.69) is 10.3 Å². The molecule has 0 radical (unpaired) electrons. The number of carbonyl (C=O) groups is 3. The lowest BCUT2D eigenvalue weighted by molar-refractivity contribution is -0.525. The second-order valence-corrected chi connectivity index (χ2v) is 11.6. The lowest BCUT2D eigenvalue weighted by Gasteiger charge is -2.23.